The molecule has 2 fully saturated rings. The van der Waals surface area contributed by atoms with Crippen molar-refractivity contribution in [2.75, 3.05) is 94.3 Å². The highest BCUT2D eigenvalue weighted by Gasteiger charge is 2.42. The summed E-state index contributed by atoms with van der Waals surface area (Å²) in [5.41, 5.74) is 1.21. The number of anilines is 5. The van der Waals surface area contributed by atoms with Gasteiger partial charge in [0.25, 0.3) is 0 Å². The van der Waals surface area contributed by atoms with Crippen LogP contribution in [-0.4, -0.2) is 135 Å². The lowest BCUT2D eigenvalue weighted by Gasteiger charge is -2.16. The zero-order valence-electron chi connectivity index (χ0n) is 39.3. The third-order valence-corrected chi connectivity index (χ3v) is 12.3. The number of carbonyl (C=O) groups excluding carboxylic acids is 5. The number of nitrogens with zero attached hydrogens (tertiary/aromatic N) is 2. The van der Waals surface area contributed by atoms with Gasteiger partial charge < -0.3 is 60.9 Å². The Morgan fingerprint density at radius 3 is 2.19 bits per heavy atom. The summed E-state index contributed by atoms with van der Waals surface area (Å²) in [6.07, 6.45) is 8.14. The SMILES string of the molecule is C=CC(=O)Nc1cccc(Nc2nc(Nc3ccc(OCCOCCNC(=O)CCCC(=O)NCCCOCCOCCOCCCCC(=O)CCC[C@H]4SC[C@H]5NC(=O)N[C@H]54)c(F)c3)ncc2F)c1. The van der Waals surface area contributed by atoms with Crippen molar-refractivity contribution in [3.05, 3.63) is 73.0 Å². The summed E-state index contributed by atoms with van der Waals surface area (Å²) in [4.78, 5) is 67.7. The summed E-state index contributed by atoms with van der Waals surface area (Å²) in [5.74, 6) is -1.07. The van der Waals surface area contributed by atoms with Crippen LogP contribution in [0.2, 0.25) is 0 Å². The first-order chi connectivity index (χ1) is 34.1. The van der Waals surface area contributed by atoms with Crippen LogP contribution in [0.25, 0.3) is 0 Å². The van der Waals surface area contributed by atoms with Gasteiger partial charge in [-0.15, -0.1) is 0 Å². The number of aromatic nitrogens is 2. The number of halogens is 2. The molecule has 5 rings (SSSR count). The Bertz CT molecular complexity index is 2160. The fraction of sp³-hybridized carbons (Fsp3) is 0.521. The Morgan fingerprint density at radius 1 is 0.729 bits per heavy atom. The molecule has 0 unspecified atom stereocenters. The fourth-order valence-corrected chi connectivity index (χ4v) is 8.79. The van der Waals surface area contributed by atoms with E-state index in [1.807, 2.05) is 11.8 Å². The third kappa shape index (κ3) is 21.0. The summed E-state index contributed by atoms with van der Waals surface area (Å²) in [5, 5.41) is 20.2. The van der Waals surface area contributed by atoms with Gasteiger partial charge in [0.2, 0.25) is 23.7 Å². The van der Waals surface area contributed by atoms with E-state index >= 15 is 0 Å². The van der Waals surface area contributed by atoms with Crippen LogP contribution >= 0.6 is 11.8 Å². The molecular weight excluding hydrogens is 933 g/mol. The molecular formula is C48H65F2N9O10S. The van der Waals surface area contributed by atoms with E-state index in [4.69, 9.17) is 23.7 Å². The van der Waals surface area contributed by atoms with Gasteiger partial charge in [-0.1, -0.05) is 12.6 Å². The molecule has 0 bridgehead atoms. The number of ether oxygens (including phenoxy) is 5. The quantitative estimate of drug-likeness (QED) is 0.0211. The topological polar surface area (TPSA) is 241 Å². The van der Waals surface area contributed by atoms with Crippen LogP contribution in [0.15, 0.2) is 61.3 Å². The standard InChI is InChI=1S/C48H65F2N9O10S/c1-2-42(61)54-33-9-5-10-34(29-33)55-46-38(50)31-53-47(59-46)56-35-16-17-40(37(49)30-35)69-28-27-67-22-19-52-44(63)15-7-14-43(62)51-18-8-21-66-24-26-68-25-23-65-20-4-3-11-36(60)12-6-13-41-45-39(32-70-41)57-48(64)58-45/h2,5,9-10,16-17,29-31,39,41,45H,1,3-4,6-8,11-15,18-28,32H2,(H,51,62)(H,52,63)(H,54,61)(H2,57,58,64)(H2,53,55,56,59)/t39-,41-,45-/m1/s1. The van der Waals surface area contributed by atoms with Crippen molar-refractivity contribution >= 4 is 70.1 Å². The monoisotopic (exact) mass is 997 g/mol. The number of amides is 5. The molecule has 2 aromatic carbocycles. The van der Waals surface area contributed by atoms with Crippen LogP contribution in [0.5, 0.6) is 5.75 Å². The summed E-state index contributed by atoms with van der Waals surface area (Å²) in [7, 11) is 0. The predicted octanol–water partition coefficient (Wildman–Crippen LogP) is 5.68. The van der Waals surface area contributed by atoms with E-state index in [0.29, 0.717) is 94.2 Å². The van der Waals surface area contributed by atoms with Crippen LogP contribution in [0, 0.1) is 11.6 Å². The lowest BCUT2D eigenvalue weighted by Crippen LogP contribution is -2.36. The molecule has 19 nitrogen and oxygen atoms in total. The van der Waals surface area contributed by atoms with Gasteiger partial charge in [-0.05, 0) is 74.9 Å². The second-order valence-electron chi connectivity index (χ2n) is 16.3. The van der Waals surface area contributed by atoms with Gasteiger partial charge in [-0.3, -0.25) is 19.2 Å². The number of unbranched alkanes of at least 4 members (excludes halogenated alkanes) is 1. The normalized spacial score (nSPS) is 15.9. The number of benzene rings is 2. The molecule has 2 aliphatic rings. The van der Waals surface area contributed by atoms with Gasteiger partial charge in [-0.25, -0.2) is 18.6 Å². The average Bonchev–Trinajstić information content (AvgIpc) is 3.90. The largest absolute Gasteiger partial charge is 0.488 e. The number of carbonyl (C=O) groups is 5. The second kappa shape index (κ2) is 31.3. The molecule has 5 amide bonds. The number of Topliss-reactive ketones (excluding diaryl/α,β-unsaturated/α-hetero) is 1. The Labute approximate surface area is 411 Å². The van der Waals surface area contributed by atoms with Crippen LogP contribution in [-0.2, 0) is 38.1 Å². The zero-order chi connectivity index (χ0) is 49.8. The molecule has 22 heteroatoms. The lowest BCUT2D eigenvalue weighted by atomic mass is 10.0. The summed E-state index contributed by atoms with van der Waals surface area (Å²) in [6, 6.07) is 11.0. The molecule has 2 saturated heterocycles. The number of hydrogen-bond donors (Lipinski definition) is 7. The minimum Gasteiger partial charge on any atom is -0.488 e. The van der Waals surface area contributed by atoms with E-state index in [2.05, 4.69) is 53.8 Å². The van der Waals surface area contributed by atoms with Gasteiger partial charge in [0.15, 0.2) is 23.2 Å². The van der Waals surface area contributed by atoms with Gasteiger partial charge in [0.1, 0.15) is 12.4 Å². The average molecular weight is 998 g/mol. The molecule has 382 valence electrons. The molecule has 70 heavy (non-hydrogen) atoms. The molecule has 3 atom stereocenters. The first-order valence-corrected chi connectivity index (χ1v) is 24.7. The second-order valence-corrected chi connectivity index (χ2v) is 17.5. The first-order valence-electron chi connectivity index (χ1n) is 23.6. The number of hydrogen-bond acceptors (Lipinski definition) is 15. The smallest absolute Gasteiger partial charge is 0.315 e. The predicted molar refractivity (Wildman–Crippen MR) is 262 cm³/mol. The van der Waals surface area contributed by atoms with Crippen molar-refractivity contribution in [1.29, 1.82) is 0 Å². The number of ketones is 1. The minimum atomic E-state index is -0.729. The highest BCUT2D eigenvalue weighted by molar-refractivity contribution is 8.00. The maximum Gasteiger partial charge on any atom is 0.315 e. The van der Waals surface area contributed by atoms with Crippen molar-refractivity contribution in [1.82, 2.24) is 31.2 Å². The third-order valence-electron chi connectivity index (χ3n) is 10.8. The number of urea groups is 1. The van der Waals surface area contributed by atoms with Gasteiger partial charge in [0.05, 0.1) is 57.9 Å². The molecule has 7 N–H and O–H groups in total. The maximum absolute atomic E-state index is 14.8. The van der Waals surface area contributed by atoms with Crippen molar-refractivity contribution in [2.45, 2.75) is 81.5 Å². The lowest BCUT2D eigenvalue weighted by molar-refractivity contribution is -0.123. The van der Waals surface area contributed by atoms with Gasteiger partial charge in [-0.2, -0.15) is 16.7 Å². The Kier molecular flexibility index (Phi) is 24.6. The van der Waals surface area contributed by atoms with Crippen LogP contribution in [0.1, 0.15) is 64.2 Å². The van der Waals surface area contributed by atoms with Crippen LogP contribution in [0.3, 0.4) is 0 Å². The Hall–Kier alpha value is -5.94. The summed E-state index contributed by atoms with van der Waals surface area (Å²) >= 11 is 1.87. The molecule has 1 aromatic heterocycles. The number of thioether (sulfide) groups is 1. The highest BCUT2D eigenvalue weighted by Crippen LogP contribution is 2.33. The van der Waals surface area contributed by atoms with Crippen molar-refractivity contribution in [2.24, 2.45) is 0 Å². The number of rotatable bonds is 36. The van der Waals surface area contributed by atoms with Gasteiger partial charge in [0, 0.05) is 86.1 Å². The fourth-order valence-electron chi connectivity index (χ4n) is 7.24. The van der Waals surface area contributed by atoms with Crippen LogP contribution < -0.4 is 42.0 Å². The summed E-state index contributed by atoms with van der Waals surface area (Å²) in [6.45, 7) is 7.42. The molecule has 0 aliphatic carbocycles. The molecule has 2 aliphatic heterocycles. The highest BCUT2D eigenvalue weighted by atomic mass is 32.2. The van der Waals surface area contributed by atoms with E-state index in [0.717, 1.165) is 43.7 Å². The molecule has 0 spiro atoms. The molecule has 3 heterocycles. The number of nitrogens with one attached hydrogen (secondary N) is 7. The van der Waals surface area contributed by atoms with Crippen molar-refractivity contribution < 1.29 is 56.4 Å². The maximum atomic E-state index is 14.8. The zero-order valence-corrected chi connectivity index (χ0v) is 40.1. The van der Waals surface area contributed by atoms with Gasteiger partial charge >= 0.3 is 6.03 Å². The molecule has 0 radical (unpaired) electrons. The van der Waals surface area contributed by atoms with Crippen molar-refractivity contribution in [3.63, 3.8) is 0 Å². The molecule has 3 aromatic rings. The first kappa shape index (κ1) is 55.0. The molecule has 0 saturated carbocycles. The minimum absolute atomic E-state index is 0.00185. The number of fused-ring (bicyclic) bond motifs is 1. The van der Waals surface area contributed by atoms with E-state index in [-0.39, 0.29) is 92.4 Å². The van der Waals surface area contributed by atoms with Crippen LogP contribution in [0.4, 0.5) is 42.4 Å². The van der Waals surface area contributed by atoms with E-state index in [9.17, 15) is 32.8 Å². The Balaban J connectivity index is 0.769. The van der Waals surface area contributed by atoms with E-state index < -0.39 is 17.5 Å². The summed E-state index contributed by atoms with van der Waals surface area (Å²) < 4.78 is 57.0. The van der Waals surface area contributed by atoms with E-state index in [1.54, 1.807) is 30.3 Å². The Morgan fingerprint density at radius 2 is 1.41 bits per heavy atom. The van der Waals surface area contributed by atoms with Crippen molar-refractivity contribution in [3.8, 4) is 5.75 Å². The van der Waals surface area contributed by atoms with E-state index in [1.165, 1.54) is 12.1 Å².